The number of fused-ring (bicyclic) bond motifs is 3. The monoisotopic (exact) mass is 384 g/mol. The minimum absolute atomic E-state index is 0.0915. The molecule has 2 bridgehead atoms. The van der Waals surface area contributed by atoms with Crippen LogP contribution in [0.4, 0.5) is 19.4 Å². The lowest BCUT2D eigenvalue weighted by Crippen LogP contribution is -2.44. The molecular formula is C18H25F5OS. The predicted octanol–water partition coefficient (Wildman–Crippen LogP) is 7.86. The lowest BCUT2D eigenvalue weighted by molar-refractivity contribution is -0.0401. The minimum atomic E-state index is -9.61. The minimum Gasteiger partial charge on any atom is -0.493 e. The molecule has 1 nitrogen and oxygen atoms in total. The first-order valence-electron chi connectivity index (χ1n) is 8.83. The summed E-state index contributed by atoms with van der Waals surface area (Å²) in [5, 5.41) is 0. The maximum atomic E-state index is 12.7. The normalized spacial score (nSPS) is 32.1. The Hall–Kier alpha value is -0.980. The summed E-state index contributed by atoms with van der Waals surface area (Å²) >= 11 is 0. The zero-order valence-electron chi connectivity index (χ0n) is 14.4. The molecule has 0 aliphatic heterocycles. The fourth-order valence-corrected chi connectivity index (χ4v) is 5.14. The fraction of sp³-hybridized carbons (Fsp3) is 0.667. The van der Waals surface area contributed by atoms with Crippen LogP contribution in [0.1, 0.15) is 58.3 Å². The first-order chi connectivity index (χ1) is 11.4. The molecule has 0 N–H and O–H groups in total. The van der Waals surface area contributed by atoms with Crippen LogP contribution < -0.4 is 4.74 Å². The molecule has 3 saturated carbocycles. The Labute approximate surface area is 145 Å². The van der Waals surface area contributed by atoms with Gasteiger partial charge in [-0.25, -0.2) is 0 Å². The van der Waals surface area contributed by atoms with Gasteiger partial charge in [-0.2, -0.15) is 0 Å². The second-order valence-corrected chi connectivity index (χ2v) is 10.4. The molecule has 0 saturated heterocycles. The van der Waals surface area contributed by atoms with Crippen molar-refractivity contribution in [3.05, 3.63) is 24.3 Å². The average Bonchev–Trinajstić information content (AvgIpc) is 2.53. The van der Waals surface area contributed by atoms with Crippen molar-refractivity contribution < 1.29 is 24.2 Å². The van der Waals surface area contributed by atoms with E-state index < -0.39 is 15.1 Å². The van der Waals surface area contributed by atoms with Gasteiger partial charge in [0, 0.05) is 5.41 Å². The van der Waals surface area contributed by atoms with Crippen molar-refractivity contribution in [2.24, 2.45) is 10.8 Å². The molecule has 144 valence electrons. The molecule has 3 fully saturated rings. The van der Waals surface area contributed by atoms with E-state index >= 15 is 0 Å². The molecule has 0 atom stereocenters. The summed E-state index contributed by atoms with van der Waals surface area (Å²) in [4.78, 5) is -1.87. The Morgan fingerprint density at radius 2 is 1.32 bits per heavy atom. The molecule has 0 amide bonds. The van der Waals surface area contributed by atoms with Gasteiger partial charge in [-0.1, -0.05) is 32.8 Å². The van der Waals surface area contributed by atoms with Crippen LogP contribution in [0, 0.1) is 10.8 Å². The first kappa shape index (κ1) is 18.8. The highest BCUT2D eigenvalue weighted by atomic mass is 32.5. The largest absolute Gasteiger partial charge is 0.493 e. The van der Waals surface area contributed by atoms with Crippen LogP contribution in [0.25, 0.3) is 0 Å². The van der Waals surface area contributed by atoms with Crippen LogP contribution in [-0.2, 0) is 0 Å². The second kappa shape index (κ2) is 5.27. The standard InChI is InChI=1S/C18H25F5OS/c1-2-7-17-8-11-18(12-9-17,13-10-17)14-24-15-3-5-16(6-4-15)25(19,20,21,22)23/h3-6H,2,7-14H2,1H3. The number of benzene rings is 1. The molecule has 0 aromatic heterocycles. The van der Waals surface area contributed by atoms with Gasteiger partial charge in [0.15, 0.2) is 0 Å². The van der Waals surface area contributed by atoms with E-state index in [-0.39, 0.29) is 11.2 Å². The van der Waals surface area contributed by atoms with Gasteiger partial charge in [0.1, 0.15) is 10.6 Å². The van der Waals surface area contributed by atoms with Gasteiger partial charge in [-0.05, 0) is 74.6 Å². The summed E-state index contributed by atoms with van der Waals surface area (Å²) in [5.41, 5.74) is 0.577. The van der Waals surface area contributed by atoms with E-state index in [9.17, 15) is 19.4 Å². The maximum absolute atomic E-state index is 12.7. The van der Waals surface area contributed by atoms with Crippen molar-refractivity contribution in [2.75, 3.05) is 6.61 Å². The number of hydrogen-bond acceptors (Lipinski definition) is 1. The summed E-state index contributed by atoms with van der Waals surface area (Å²) < 4.78 is 69.4. The van der Waals surface area contributed by atoms with Gasteiger partial charge in [0.25, 0.3) is 0 Å². The van der Waals surface area contributed by atoms with E-state index in [0.717, 1.165) is 31.4 Å². The van der Waals surface area contributed by atoms with Crippen molar-refractivity contribution in [1.29, 1.82) is 0 Å². The van der Waals surface area contributed by atoms with Crippen molar-refractivity contribution in [3.8, 4) is 5.75 Å². The Morgan fingerprint density at radius 3 is 1.76 bits per heavy atom. The Bertz CT molecular complexity index is 613. The molecule has 4 rings (SSSR count). The summed E-state index contributed by atoms with van der Waals surface area (Å²) in [5.74, 6) is 0.218. The molecule has 3 aliphatic carbocycles. The van der Waals surface area contributed by atoms with Crippen LogP contribution in [0.3, 0.4) is 0 Å². The predicted molar refractivity (Wildman–Crippen MR) is 90.8 cm³/mol. The molecule has 3 aliphatic rings. The third-order valence-electron chi connectivity index (χ3n) is 6.15. The summed E-state index contributed by atoms with van der Waals surface area (Å²) in [7, 11) is -9.61. The Balaban J connectivity index is 1.62. The number of rotatable bonds is 6. The first-order valence-corrected chi connectivity index (χ1v) is 10.8. The highest BCUT2D eigenvalue weighted by Gasteiger charge is 2.65. The molecule has 0 heterocycles. The molecule has 25 heavy (non-hydrogen) atoms. The van der Waals surface area contributed by atoms with Gasteiger partial charge in [-0.3, -0.25) is 0 Å². The SMILES string of the molecule is CCCC12CCC(COc3ccc(S(F)(F)(F)(F)F)cc3)(CC1)CC2. The zero-order chi connectivity index (χ0) is 18.5. The van der Waals surface area contributed by atoms with E-state index in [1.807, 2.05) is 0 Å². The second-order valence-electron chi connectivity index (χ2n) is 7.98. The van der Waals surface area contributed by atoms with Crippen LogP contribution in [0.2, 0.25) is 0 Å². The van der Waals surface area contributed by atoms with E-state index in [0.29, 0.717) is 24.2 Å². The van der Waals surface area contributed by atoms with E-state index in [2.05, 4.69) is 6.92 Å². The fourth-order valence-electron chi connectivity index (χ4n) is 4.49. The smallest absolute Gasteiger partial charge is 0.310 e. The van der Waals surface area contributed by atoms with Gasteiger partial charge >= 0.3 is 10.2 Å². The number of hydrogen-bond donors (Lipinski definition) is 0. The van der Waals surface area contributed by atoms with Crippen LogP contribution in [0.15, 0.2) is 29.2 Å². The van der Waals surface area contributed by atoms with Crippen LogP contribution >= 0.6 is 10.2 Å². The molecule has 0 radical (unpaired) electrons. The lowest BCUT2D eigenvalue weighted by Gasteiger charge is -2.53. The van der Waals surface area contributed by atoms with Gasteiger partial charge in [-0.15, -0.1) is 0 Å². The van der Waals surface area contributed by atoms with Crippen molar-refractivity contribution in [3.63, 3.8) is 0 Å². The van der Waals surface area contributed by atoms with Gasteiger partial charge in [0.2, 0.25) is 0 Å². The molecule has 0 spiro atoms. The molecule has 0 unspecified atom stereocenters. The number of ether oxygens (including phenoxy) is 1. The quantitative estimate of drug-likeness (QED) is 0.454. The van der Waals surface area contributed by atoms with Crippen LogP contribution in [0.5, 0.6) is 5.75 Å². The van der Waals surface area contributed by atoms with Crippen LogP contribution in [-0.4, -0.2) is 6.61 Å². The molecule has 7 heteroatoms. The zero-order valence-corrected chi connectivity index (χ0v) is 15.2. The third-order valence-corrected chi connectivity index (χ3v) is 7.31. The lowest BCUT2D eigenvalue weighted by atomic mass is 9.53. The topological polar surface area (TPSA) is 9.23 Å². The third kappa shape index (κ3) is 4.07. The number of halogens is 5. The van der Waals surface area contributed by atoms with E-state index in [1.54, 1.807) is 0 Å². The molecule has 1 aromatic carbocycles. The highest BCUT2D eigenvalue weighted by Crippen LogP contribution is 3.02. The van der Waals surface area contributed by atoms with Gasteiger partial charge in [0.05, 0.1) is 6.61 Å². The highest BCUT2D eigenvalue weighted by molar-refractivity contribution is 8.45. The molecule has 1 aromatic rings. The maximum Gasteiger partial charge on any atom is 0.310 e. The van der Waals surface area contributed by atoms with Crippen molar-refractivity contribution in [1.82, 2.24) is 0 Å². The van der Waals surface area contributed by atoms with Crippen molar-refractivity contribution in [2.45, 2.75) is 63.2 Å². The molecular weight excluding hydrogens is 359 g/mol. The summed E-state index contributed by atoms with van der Waals surface area (Å²) in [6.45, 7) is 2.66. The summed E-state index contributed by atoms with van der Waals surface area (Å²) in [6.07, 6.45) is 9.26. The van der Waals surface area contributed by atoms with E-state index in [4.69, 9.17) is 4.74 Å². The van der Waals surface area contributed by atoms with Gasteiger partial charge < -0.3 is 4.74 Å². The average molecular weight is 384 g/mol. The Kier molecular flexibility index (Phi) is 3.96. The Morgan fingerprint density at radius 1 is 0.840 bits per heavy atom. The summed E-state index contributed by atoms with van der Waals surface area (Å²) in [6, 6.07) is 2.83. The van der Waals surface area contributed by atoms with E-state index in [1.165, 1.54) is 32.1 Å². The van der Waals surface area contributed by atoms with Crippen molar-refractivity contribution >= 4 is 10.2 Å².